The molecule has 0 spiro atoms. The summed E-state index contributed by atoms with van der Waals surface area (Å²) in [6, 6.07) is 8.88. The van der Waals surface area contributed by atoms with Gasteiger partial charge in [0.2, 0.25) is 5.91 Å². The van der Waals surface area contributed by atoms with E-state index in [1.54, 1.807) is 26.8 Å². The molecule has 150 valence electrons. The summed E-state index contributed by atoms with van der Waals surface area (Å²) in [5.41, 5.74) is -0.307. The first kappa shape index (κ1) is 19.9. The molecule has 0 aromatic heterocycles. The third-order valence-corrected chi connectivity index (χ3v) is 4.93. The minimum absolute atomic E-state index is 0.0776. The summed E-state index contributed by atoms with van der Waals surface area (Å²) in [6.07, 6.45) is 0.709. The highest BCUT2D eigenvalue weighted by molar-refractivity contribution is 5.94. The molecule has 0 N–H and O–H groups in total. The van der Waals surface area contributed by atoms with Gasteiger partial charge in [0.05, 0.1) is 0 Å². The molecule has 0 saturated carbocycles. The van der Waals surface area contributed by atoms with Crippen molar-refractivity contribution in [2.45, 2.75) is 38.8 Å². The first-order valence-corrected chi connectivity index (χ1v) is 9.29. The van der Waals surface area contributed by atoms with Gasteiger partial charge in [-0.3, -0.25) is 4.79 Å². The SMILES string of the molecule is C=CC1(CC(=O)N2C(=O)OC[C@@H]2c2ccccc2)CN(C(=O)OC(C)(C)C)C1. The van der Waals surface area contributed by atoms with Crippen LogP contribution in [0.1, 0.15) is 38.8 Å². The molecule has 2 saturated heterocycles. The highest BCUT2D eigenvalue weighted by atomic mass is 16.6. The van der Waals surface area contributed by atoms with E-state index in [0.717, 1.165) is 5.56 Å². The van der Waals surface area contributed by atoms with Gasteiger partial charge in [0, 0.05) is 24.9 Å². The third kappa shape index (κ3) is 4.03. The van der Waals surface area contributed by atoms with E-state index in [-0.39, 0.29) is 18.9 Å². The number of ether oxygens (including phenoxy) is 2. The number of hydrogen-bond acceptors (Lipinski definition) is 5. The number of amides is 3. The van der Waals surface area contributed by atoms with Crippen LogP contribution in [0, 0.1) is 5.41 Å². The normalized spacial score (nSPS) is 21.0. The van der Waals surface area contributed by atoms with Crippen molar-refractivity contribution in [3.05, 3.63) is 48.6 Å². The van der Waals surface area contributed by atoms with Crippen LogP contribution in [0.5, 0.6) is 0 Å². The number of cyclic esters (lactones) is 1. The minimum Gasteiger partial charge on any atom is -0.446 e. The second-order valence-corrected chi connectivity index (χ2v) is 8.35. The lowest BCUT2D eigenvalue weighted by atomic mass is 9.76. The lowest BCUT2D eigenvalue weighted by Gasteiger charge is -2.48. The van der Waals surface area contributed by atoms with Crippen LogP contribution in [0.3, 0.4) is 0 Å². The monoisotopic (exact) mass is 386 g/mol. The maximum absolute atomic E-state index is 13.0. The summed E-state index contributed by atoms with van der Waals surface area (Å²) in [7, 11) is 0. The van der Waals surface area contributed by atoms with Crippen LogP contribution in [0.15, 0.2) is 43.0 Å². The van der Waals surface area contributed by atoms with Crippen LogP contribution in [-0.2, 0) is 14.3 Å². The zero-order chi connectivity index (χ0) is 20.5. The molecule has 3 amide bonds. The molecule has 2 aliphatic rings. The Kier molecular flexibility index (Phi) is 5.19. The average Bonchev–Trinajstić information content (AvgIpc) is 2.98. The molecule has 7 nitrogen and oxygen atoms in total. The lowest BCUT2D eigenvalue weighted by Crippen LogP contribution is -2.59. The van der Waals surface area contributed by atoms with Crippen molar-refractivity contribution in [2.24, 2.45) is 5.41 Å². The second-order valence-electron chi connectivity index (χ2n) is 8.35. The van der Waals surface area contributed by atoms with E-state index in [0.29, 0.717) is 13.1 Å². The van der Waals surface area contributed by atoms with Crippen molar-refractivity contribution in [3.63, 3.8) is 0 Å². The highest BCUT2D eigenvalue weighted by Gasteiger charge is 2.48. The zero-order valence-corrected chi connectivity index (χ0v) is 16.5. The molecule has 0 aliphatic carbocycles. The van der Waals surface area contributed by atoms with Gasteiger partial charge in [0.15, 0.2) is 0 Å². The van der Waals surface area contributed by atoms with Gasteiger partial charge in [-0.2, -0.15) is 0 Å². The molecule has 2 aliphatic heterocycles. The van der Waals surface area contributed by atoms with Crippen LogP contribution >= 0.6 is 0 Å². The van der Waals surface area contributed by atoms with Crippen molar-refractivity contribution in [3.8, 4) is 0 Å². The largest absolute Gasteiger partial charge is 0.446 e. The first-order valence-electron chi connectivity index (χ1n) is 9.29. The smallest absolute Gasteiger partial charge is 0.417 e. The maximum atomic E-state index is 13.0. The summed E-state index contributed by atoms with van der Waals surface area (Å²) in [6.45, 7) is 10.0. The molecule has 0 unspecified atom stereocenters. The number of nitrogens with zero attached hydrogens (tertiary/aromatic N) is 2. The number of imide groups is 1. The zero-order valence-electron chi connectivity index (χ0n) is 16.5. The van der Waals surface area contributed by atoms with Crippen molar-refractivity contribution in [1.82, 2.24) is 9.80 Å². The van der Waals surface area contributed by atoms with Gasteiger partial charge >= 0.3 is 12.2 Å². The molecule has 1 atom stereocenters. The van der Waals surface area contributed by atoms with Gasteiger partial charge < -0.3 is 14.4 Å². The summed E-state index contributed by atoms with van der Waals surface area (Å²) in [5, 5.41) is 0. The second kappa shape index (κ2) is 7.30. The van der Waals surface area contributed by atoms with Crippen molar-refractivity contribution < 1.29 is 23.9 Å². The van der Waals surface area contributed by atoms with Gasteiger partial charge in [0.25, 0.3) is 0 Å². The van der Waals surface area contributed by atoms with Gasteiger partial charge in [-0.1, -0.05) is 36.4 Å². The number of carbonyl (C=O) groups is 3. The van der Waals surface area contributed by atoms with Crippen molar-refractivity contribution in [2.75, 3.05) is 19.7 Å². The molecule has 7 heteroatoms. The fraction of sp³-hybridized carbons (Fsp3) is 0.476. The molecule has 2 heterocycles. The number of benzene rings is 1. The Morgan fingerprint density at radius 1 is 1.29 bits per heavy atom. The predicted molar refractivity (Wildman–Crippen MR) is 102 cm³/mol. The summed E-state index contributed by atoms with van der Waals surface area (Å²) in [4.78, 5) is 40.0. The molecular formula is C21H26N2O5. The molecule has 0 bridgehead atoms. The molecule has 3 rings (SSSR count). The van der Waals surface area contributed by atoms with Gasteiger partial charge in [-0.15, -0.1) is 6.58 Å². The Morgan fingerprint density at radius 3 is 2.50 bits per heavy atom. The van der Waals surface area contributed by atoms with Crippen LogP contribution in [-0.4, -0.2) is 53.2 Å². The average molecular weight is 386 g/mol. The van der Waals surface area contributed by atoms with E-state index < -0.39 is 29.2 Å². The Morgan fingerprint density at radius 2 is 1.93 bits per heavy atom. The van der Waals surface area contributed by atoms with E-state index in [1.807, 2.05) is 30.3 Å². The van der Waals surface area contributed by atoms with Crippen molar-refractivity contribution >= 4 is 18.1 Å². The summed E-state index contributed by atoms with van der Waals surface area (Å²) in [5.74, 6) is -0.333. The number of rotatable bonds is 4. The van der Waals surface area contributed by atoms with Crippen LogP contribution in [0.2, 0.25) is 0 Å². The molecule has 1 aromatic rings. The van der Waals surface area contributed by atoms with Gasteiger partial charge in [-0.05, 0) is 26.3 Å². The van der Waals surface area contributed by atoms with E-state index >= 15 is 0 Å². The lowest BCUT2D eigenvalue weighted by molar-refractivity contribution is -0.133. The standard InChI is InChI=1S/C21H26N2O5/c1-5-21(13-22(14-21)18(25)28-20(2,3)4)11-17(24)23-16(12-27-19(23)26)15-9-7-6-8-10-15/h5-10,16H,1,11-14H2,2-4H3/t16-/m1/s1. The molecule has 28 heavy (non-hydrogen) atoms. The Balaban J connectivity index is 1.67. The van der Waals surface area contributed by atoms with Crippen LogP contribution < -0.4 is 0 Å². The molecule has 2 fully saturated rings. The van der Waals surface area contributed by atoms with E-state index in [1.165, 1.54) is 9.80 Å². The molecule has 0 radical (unpaired) electrons. The highest BCUT2D eigenvalue weighted by Crippen LogP contribution is 2.38. The fourth-order valence-electron chi connectivity index (χ4n) is 3.49. The molecular weight excluding hydrogens is 360 g/mol. The Hall–Kier alpha value is -2.83. The molecule has 1 aromatic carbocycles. The first-order chi connectivity index (χ1) is 13.1. The van der Waals surface area contributed by atoms with Crippen LogP contribution in [0.25, 0.3) is 0 Å². The Bertz CT molecular complexity index is 778. The topological polar surface area (TPSA) is 76.2 Å². The number of hydrogen-bond donors (Lipinski definition) is 0. The summed E-state index contributed by atoms with van der Waals surface area (Å²) >= 11 is 0. The van der Waals surface area contributed by atoms with Gasteiger partial charge in [-0.25, -0.2) is 14.5 Å². The minimum atomic E-state index is -0.638. The number of likely N-dealkylation sites (tertiary alicyclic amines) is 1. The quantitative estimate of drug-likeness (QED) is 0.740. The van der Waals surface area contributed by atoms with E-state index in [9.17, 15) is 14.4 Å². The van der Waals surface area contributed by atoms with Crippen LogP contribution in [0.4, 0.5) is 9.59 Å². The summed E-state index contributed by atoms with van der Waals surface area (Å²) < 4.78 is 10.5. The van der Waals surface area contributed by atoms with Crippen molar-refractivity contribution in [1.29, 1.82) is 0 Å². The third-order valence-electron chi connectivity index (χ3n) is 4.93. The Labute approximate surface area is 164 Å². The maximum Gasteiger partial charge on any atom is 0.417 e. The number of carbonyl (C=O) groups excluding carboxylic acids is 3. The van der Waals surface area contributed by atoms with Gasteiger partial charge in [0.1, 0.15) is 18.2 Å². The van der Waals surface area contributed by atoms with E-state index in [2.05, 4.69) is 6.58 Å². The van der Waals surface area contributed by atoms with E-state index in [4.69, 9.17) is 9.47 Å². The predicted octanol–water partition coefficient (Wildman–Crippen LogP) is 3.52. The fourth-order valence-corrected chi connectivity index (χ4v) is 3.49.